The predicted molar refractivity (Wildman–Crippen MR) is 78.5 cm³/mol. The number of carbonyl (C=O) groups is 1. The van der Waals surface area contributed by atoms with Crippen LogP contribution in [0.4, 0.5) is 4.79 Å². The maximum atomic E-state index is 11.5. The van der Waals surface area contributed by atoms with Crippen LogP contribution in [0, 0.1) is 0 Å². The molecule has 0 rings (SSSR count). The van der Waals surface area contributed by atoms with Crippen LogP contribution in [-0.4, -0.2) is 36.9 Å². The lowest BCUT2D eigenvalue weighted by atomic mass is 10.0. The van der Waals surface area contributed by atoms with Crippen molar-refractivity contribution in [1.82, 2.24) is 4.90 Å². The minimum atomic E-state index is -0.533. The highest BCUT2D eigenvalue weighted by molar-refractivity contribution is 5.72. The Labute approximate surface area is 116 Å². The van der Waals surface area contributed by atoms with Crippen molar-refractivity contribution in [3.8, 4) is 0 Å². The van der Waals surface area contributed by atoms with Crippen molar-refractivity contribution in [3.63, 3.8) is 0 Å². The van der Waals surface area contributed by atoms with Gasteiger partial charge in [0, 0.05) is 13.7 Å². The molecule has 0 saturated carbocycles. The molecule has 0 fully saturated rings. The molecule has 5 nitrogen and oxygen atoms in total. The minimum Gasteiger partial charge on any atom is -0.359 e. The van der Waals surface area contributed by atoms with Crippen molar-refractivity contribution < 1.29 is 9.53 Å². The summed E-state index contributed by atoms with van der Waals surface area (Å²) in [4.78, 5) is 13.0. The van der Waals surface area contributed by atoms with Gasteiger partial charge in [-0.15, -0.1) is 0 Å². The zero-order valence-corrected chi connectivity index (χ0v) is 12.4. The number of hydrogen-bond donors (Lipinski definition) is 2. The van der Waals surface area contributed by atoms with Crippen LogP contribution in [0.1, 0.15) is 33.6 Å². The average molecular weight is 269 g/mol. The van der Waals surface area contributed by atoms with Crippen molar-refractivity contribution in [2.45, 2.75) is 45.9 Å². The van der Waals surface area contributed by atoms with Gasteiger partial charge in [-0.3, -0.25) is 4.90 Å². The average Bonchev–Trinajstić information content (AvgIpc) is 2.39. The lowest BCUT2D eigenvalue weighted by Gasteiger charge is -2.34. The van der Waals surface area contributed by atoms with Gasteiger partial charge in [0.1, 0.15) is 0 Å². The van der Waals surface area contributed by atoms with Crippen LogP contribution in [-0.2, 0) is 4.74 Å². The van der Waals surface area contributed by atoms with E-state index in [0.717, 1.165) is 18.4 Å². The quantitative estimate of drug-likeness (QED) is 0.522. The number of primary amides is 1. The Kier molecular flexibility index (Phi) is 8.91. The van der Waals surface area contributed by atoms with Gasteiger partial charge in [0.05, 0.1) is 6.04 Å². The third kappa shape index (κ3) is 5.44. The summed E-state index contributed by atoms with van der Waals surface area (Å²) in [5.74, 6) is 0. The monoisotopic (exact) mass is 269 g/mol. The molecule has 2 atom stereocenters. The molecule has 0 aromatic carbocycles. The van der Waals surface area contributed by atoms with Crippen LogP contribution < -0.4 is 11.5 Å². The summed E-state index contributed by atoms with van der Waals surface area (Å²) in [5, 5.41) is 0. The molecule has 0 aliphatic carbocycles. The Bertz CT molecular complexity index is 327. The molecule has 0 bridgehead atoms. The number of amides is 2. The molecule has 1 unspecified atom stereocenters. The summed E-state index contributed by atoms with van der Waals surface area (Å²) in [7, 11) is 1.54. The van der Waals surface area contributed by atoms with Crippen molar-refractivity contribution in [3.05, 3.63) is 23.8 Å². The smallest absolute Gasteiger partial charge is 0.316 e. The molecule has 2 amide bonds. The van der Waals surface area contributed by atoms with Gasteiger partial charge in [-0.25, -0.2) is 4.79 Å². The van der Waals surface area contributed by atoms with E-state index in [9.17, 15) is 4.79 Å². The van der Waals surface area contributed by atoms with E-state index in [4.69, 9.17) is 16.2 Å². The molecule has 0 saturated heterocycles. The second-order valence-electron chi connectivity index (χ2n) is 4.30. The summed E-state index contributed by atoms with van der Waals surface area (Å²) < 4.78 is 5.39. The third-order valence-electron chi connectivity index (χ3n) is 2.94. The maximum Gasteiger partial charge on any atom is 0.316 e. The fourth-order valence-corrected chi connectivity index (χ4v) is 1.94. The van der Waals surface area contributed by atoms with Crippen LogP contribution in [0.5, 0.6) is 0 Å². The Morgan fingerprint density at radius 3 is 2.42 bits per heavy atom. The van der Waals surface area contributed by atoms with Crippen molar-refractivity contribution >= 4 is 6.03 Å². The van der Waals surface area contributed by atoms with Gasteiger partial charge in [-0.1, -0.05) is 32.1 Å². The number of ether oxygens (including phenoxy) is 1. The standard InChI is InChI=1S/C14H27N3O2/c1-5-8-9-11(7-3)12(15)13(19-4)17(10-6-2)14(16)18/h5,8-9,12-13H,6-7,10,15H2,1-4H3,(H2,16,18)/b8-5-,11-9+/t12-,13?/m1/s1. The number of rotatable bonds is 8. The van der Waals surface area contributed by atoms with Crippen LogP contribution in [0.2, 0.25) is 0 Å². The highest BCUT2D eigenvalue weighted by Crippen LogP contribution is 2.15. The van der Waals surface area contributed by atoms with Gasteiger partial charge in [0.2, 0.25) is 0 Å². The molecular formula is C14H27N3O2. The highest BCUT2D eigenvalue weighted by atomic mass is 16.5. The van der Waals surface area contributed by atoms with Crippen molar-refractivity contribution in [2.75, 3.05) is 13.7 Å². The zero-order chi connectivity index (χ0) is 14.8. The minimum absolute atomic E-state index is 0.384. The summed E-state index contributed by atoms with van der Waals surface area (Å²) in [6.07, 6.45) is 6.89. The zero-order valence-electron chi connectivity index (χ0n) is 12.4. The molecule has 0 radical (unpaired) electrons. The first-order valence-corrected chi connectivity index (χ1v) is 6.69. The van der Waals surface area contributed by atoms with Crippen LogP contribution in [0.3, 0.4) is 0 Å². The third-order valence-corrected chi connectivity index (χ3v) is 2.94. The van der Waals surface area contributed by atoms with E-state index in [1.807, 2.05) is 39.0 Å². The molecule has 0 aliphatic heterocycles. The first-order valence-electron chi connectivity index (χ1n) is 6.69. The van der Waals surface area contributed by atoms with E-state index < -0.39 is 12.3 Å². The lowest BCUT2D eigenvalue weighted by Crippen LogP contribution is -2.54. The number of carbonyl (C=O) groups excluding carboxylic acids is 1. The van der Waals surface area contributed by atoms with Crippen LogP contribution >= 0.6 is 0 Å². The lowest BCUT2D eigenvalue weighted by molar-refractivity contribution is -0.0161. The molecule has 0 spiro atoms. The van der Waals surface area contributed by atoms with E-state index in [1.165, 1.54) is 4.90 Å². The number of nitrogens with zero attached hydrogens (tertiary/aromatic N) is 1. The molecule has 0 heterocycles. The van der Waals surface area contributed by atoms with E-state index in [0.29, 0.717) is 6.54 Å². The second-order valence-corrected chi connectivity index (χ2v) is 4.30. The van der Waals surface area contributed by atoms with Crippen molar-refractivity contribution in [1.29, 1.82) is 0 Å². The van der Waals surface area contributed by atoms with Crippen molar-refractivity contribution in [2.24, 2.45) is 11.5 Å². The number of hydrogen-bond acceptors (Lipinski definition) is 3. The largest absolute Gasteiger partial charge is 0.359 e. The Morgan fingerprint density at radius 2 is 2.05 bits per heavy atom. The summed E-state index contributed by atoms with van der Waals surface area (Å²) in [6.45, 7) is 6.47. The number of nitrogens with two attached hydrogens (primary N) is 2. The van der Waals surface area contributed by atoms with E-state index in [2.05, 4.69) is 0 Å². The molecule has 0 aromatic heterocycles. The number of methoxy groups -OCH3 is 1. The van der Waals surface area contributed by atoms with Gasteiger partial charge >= 0.3 is 6.03 Å². The van der Waals surface area contributed by atoms with Gasteiger partial charge < -0.3 is 16.2 Å². The number of urea groups is 1. The van der Waals surface area contributed by atoms with Crippen LogP contribution in [0.15, 0.2) is 23.8 Å². The van der Waals surface area contributed by atoms with Gasteiger partial charge in [-0.2, -0.15) is 0 Å². The Hall–Kier alpha value is -1.33. The van der Waals surface area contributed by atoms with Gasteiger partial charge in [0.25, 0.3) is 0 Å². The molecular weight excluding hydrogens is 242 g/mol. The topological polar surface area (TPSA) is 81.6 Å². The van der Waals surface area contributed by atoms with Gasteiger partial charge in [0.15, 0.2) is 6.23 Å². The first kappa shape index (κ1) is 17.7. The summed E-state index contributed by atoms with van der Waals surface area (Å²) in [6, 6.07) is -0.893. The SMILES string of the molecule is C/C=C\C=C(/CC)[C@@H](N)C(OC)N(CCC)C(N)=O. The summed E-state index contributed by atoms with van der Waals surface area (Å²) in [5.41, 5.74) is 12.6. The Balaban J connectivity index is 5.13. The summed E-state index contributed by atoms with van der Waals surface area (Å²) >= 11 is 0. The molecule has 5 heteroatoms. The maximum absolute atomic E-state index is 11.5. The predicted octanol–water partition coefficient (Wildman–Crippen LogP) is 1.99. The fourth-order valence-electron chi connectivity index (χ4n) is 1.94. The van der Waals surface area contributed by atoms with E-state index in [1.54, 1.807) is 7.11 Å². The molecule has 19 heavy (non-hydrogen) atoms. The first-order chi connectivity index (χ1) is 9.03. The molecule has 110 valence electrons. The van der Waals surface area contributed by atoms with Crippen LogP contribution in [0.25, 0.3) is 0 Å². The second kappa shape index (κ2) is 9.58. The van der Waals surface area contributed by atoms with E-state index in [-0.39, 0.29) is 6.04 Å². The fraction of sp³-hybridized carbons (Fsp3) is 0.643. The van der Waals surface area contributed by atoms with Gasteiger partial charge in [-0.05, 0) is 25.3 Å². The normalized spacial score (nSPS) is 15.5. The number of allylic oxidation sites excluding steroid dienone is 3. The molecule has 0 aromatic rings. The molecule has 0 aliphatic rings. The Morgan fingerprint density at radius 1 is 1.42 bits per heavy atom. The van der Waals surface area contributed by atoms with E-state index >= 15 is 0 Å². The highest BCUT2D eigenvalue weighted by Gasteiger charge is 2.28. The molecule has 4 N–H and O–H groups in total.